The van der Waals surface area contributed by atoms with Gasteiger partial charge in [0.15, 0.2) is 5.13 Å². The molecule has 1 fully saturated rings. The zero-order valence-electron chi connectivity index (χ0n) is 12.8. The first-order chi connectivity index (χ1) is 11.2. The van der Waals surface area contributed by atoms with E-state index in [-0.39, 0.29) is 12.1 Å². The van der Waals surface area contributed by atoms with Crippen LogP contribution in [0.25, 0.3) is 0 Å². The van der Waals surface area contributed by atoms with Crippen molar-refractivity contribution < 1.29 is 9.53 Å². The van der Waals surface area contributed by atoms with E-state index in [9.17, 15) is 4.79 Å². The molecule has 1 aliphatic heterocycles. The number of carbonyl (C=O) groups is 1. The van der Waals surface area contributed by atoms with E-state index in [1.54, 1.807) is 4.90 Å². The fourth-order valence-electron chi connectivity index (χ4n) is 2.55. The number of aromatic nitrogens is 1. The summed E-state index contributed by atoms with van der Waals surface area (Å²) < 4.78 is 5.89. The lowest BCUT2D eigenvalue weighted by Crippen LogP contribution is -2.40. The molecular formula is C16H20N4O2S. The molecule has 23 heavy (non-hydrogen) atoms. The summed E-state index contributed by atoms with van der Waals surface area (Å²) in [6.07, 6.45) is 1.60. The SMILES string of the molecule is Nc1nc(CCNC(=O)N2CCC(Oc3ccccc3)C2)cs1. The van der Waals surface area contributed by atoms with Crippen LogP contribution in [0.15, 0.2) is 35.7 Å². The Bertz CT molecular complexity index is 647. The Kier molecular flexibility index (Phi) is 4.97. The van der Waals surface area contributed by atoms with Crippen molar-refractivity contribution in [1.82, 2.24) is 15.2 Å². The van der Waals surface area contributed by atoms with Gasteiger partial charge in [-0.25, -0.2) is 9.78 Å². The summed E-state index contributed by atoms with van der Waals surface area (Å²) in [4.78, 5) is 18.1. The average molecular weight is 332 g/mol. The molecule has 1 aliphatic rings. The van der Waals surface area contributed by atoms with Gasteiger partial charge in [-0.05, 0) is 12.1 Å². The molecule has 3 N–H and O–H groups in total. The van der Waals surface area contributed by atoms with E-state index >= 15 is 0 Å². The quantitative estimate of drug-likeness (QED) is 0.879. The predicted molar refractivity (Wildman–Crippen MR) is 90.7 cm³/mol. The van der Waals surface area contributed by atoms with Crippen LogP contribution >= 0.6 is 11.3 Å². The van der Waals surface area contributed by atoms with Crippen molar-refractivity contribution >= 4 is 22.5 Å². The molecule has 0 radical (unpaired) electrons. The lowest BCUT2D eigenvalue weighted by atomic mass is 10.3. The van der Waals surface area contributed by atoms with Gasteiger partial charge in [-0.15, -0.1) is 11.3 Å². The molecule has 1 aromatic heterocycles. The van der Waals surface area contributed by atoms with Crippen molar-refractivity contribution in [2.75, 3.05) is 25.4 Å². The number of hydrogen-bond donors (Lipinski definition) is 2. The number of rotatable bonds is 5. The van der Waals surface area contributed by atoms with Gasteiger partial charge in [0.05, 0.1) is 12.2 Å². The third kappa shape index (κ3) is 4.35. The maximum absolute atomic E-state index is 12.2. The topological polar surface area (TPSA) is 80.5 Å². The predicted octanol–water partition coefficient (Wildman–Crippen LogP) is 2.13. The smallest absolute Gasteiger partial charge is 0.317 e. The molecule has 0 bridgehead atoms. The van der Waals surface area contributed by atoms with E-state index in [4.69, 9.17) is 10.5 Å². The Morgan fingerprint density at radius 1 is 1.43 bits per heavy atom. The van der Waals surface area contributed by atoms with Crippen LogP contribution < -0.4 is 15.8 Å². The van der Waals surface area contributed by atoms with Gasteiger partial charge in [0.1, 0.15) is 11.9 Å². The van der Waals surface area contributed by atoms with Gasteiger partial charge in [-0.2, -0.15) is 0 Å². The molecule has 2 aromatic rings. The minimum Gasteiger partial charge on any atom is -0.489 e. The van der Waals surface area contributed by atoms with E-state index in [1.807, 2.05) is 35.7 Å². The number of urea groups is 1. The van der Waals surface area contributed by atoms with E-state index < -0.39 is 0 Å². The van der Waals surface area contributed by atoms with Gasteiger partial charge in [0.25, 0.3) is 0 Å². The molecule has 1 aromatic carbocycles. The maximum Gasteiger partial charge on any atom is 0.317 e. The number of nitrogen functional groups attached to an aromatic ring is 1. The zero-order chi connectivity index (χ0) is 16.1. The summed E-state index contributed by atoms with van der Waals surface area (Å²) in [6, 6.07) is 9.66. The van der Waals surface area contributed by atoms with Gasteiger partial charge in [0, 0.05) is 31.3 Å². The number of hydrogen-bond acceptors (Lipinski definition) is 5. The molecule has 7 heteroatoms. The number of likely N-dealkylation sites (tertiary alicyclic amines) is 1. The molecule has 1 saturated heterocycles. The van der Waals surface area contributed by atoms with Crippen molar-refractivity contribution in [3.8, 4) is 5.75 Å². The highest BCUT2D eigenvalue weighted by molar-refractivity contribution is 7.13. The molecule has 1 unspecified atom stereocenters. The van der Waals surface area contributed by atoms with Gasteiger partial charge in [0.2, 0.25) is 0 Å². The summed E-state index contributed by atoms with van der Waals surface area (Å²) in [5.74, 6) is 0.848. The molecule has 2 amide bonds. The second-order valence-electron chi connectivity index (χ2n) is 5.45. The van der Waals surface area contributed by atoms with Crippen molar-refractivity contribution in [3.63, 3.8) is 0 Å². The Labute approximate surface area is 139 Å². The van der Waals surface area contributed by atoms with Gasteiger partial charge in [-0.3, -0.25) is 0 Å². The average Bonchev–Trinajstić information content (AvgIpc) is 3.18. The van der Waals surface area contributed by atoms with E-state index in [0.717, 1.165) is 17.9 Å². The number of amides is 2. The van der Waals surface area contributed by atoms with Crippen LogP contribution in [0.5, 0.6) is 5.75 Å². The number of benzene rings is 1. The number of nitrogens with two attached hydrogens (primary N) is 1. The number of ether oxygens (including phenoxy) is 1. The highest BCUT2D eigenvalue weighted by Gasteiger charge is 2.27. The molecule has 0 aliphatic carbocycles. The number of nitrogens with zero attached hydrogens (tertiary/aromatic N) is 2. The maximum atomic E-state index is 12.2. The summed E-state index contributed by atoms with van der Waals surface area (Å²) in [5, 5.41) is 5.40. The Balaban J connectivity index is 1.40. The van der Waals surface area contributed by atoms with Crippen molar-refractivity contribution in [2.45, 2.75) is 18.9 Å². The van der Waals surface area contributed by atoms with Crippen molar-refractivity contribution in [1.29, 1.82) is 0 Å². The van der Waals surface area contributed by atoms with Crippen LogP contribution in [0, 0.1) is 0 Å². The van der Waals surface area contributed by atoms with Gasteiger partial charge < -0.3 is 20.7 Å². The first kappa shape index (κ1) is 15.6. The number of para-hydroxylation sites is 1. The Morgan fingerprint density at radius 3 is 3.00 bits per heavy atom. The number of nitrogens with one attached hydrogen (secondary N) is 1. The third-order valence-electron chi connectivity index (χ3n) is 3.71. The lowest BCUT2D eigenvalue weighted by molar-refractivity contribution is 0.187. The lowest BCUT2D eigenvalue weighted by Gasteiger charge is -2.17. The summed E-state index contributed by atoms with van der Waals surface area (Å²) >= 11 is 1.42. The normalized spacial score (nSPS) is 17.2. The molecule has 3 rings (SSSR count). The van der Waals surface area contributed by atoms with Crippen LogP contribution in [0.4, 0.5) is 9.93 Å². The largest absolute Gasteiger partial charge is 0.489 e. The summed E-state index contributed by atoms with van der Waals surface area (Å²) in [6.45, 7) is 1.89. The Morgan fingerprint density at radius 2 is 2.26 bits per heavy atom. The Hall–Kier alpha value is -2.28. The second kappa shape index (κ2) is 7.32. The molecule has 122 valence electrons. The first-order valence-electron chi connectivity index (χ1n) is 7.65. The zero-order valence-corrected chi connectivity index (χ0v) is 13.6. The second-order valence-corrected chi connectivity index (χ2v) is 6.34. The molecule has 6 nitrogen and oxygen atoms in total. The summed E-state index contributed by atoms with van der Waals surface area (Å²) in [5.41, 5.74) is 6.50. The van der Waals surface area contributed by atoms with Crippen LogP contribution in [0.1, 0.15) is 12.1 Å². The van der Waals surface area contributed by atoms with Crippen molar-refractivity contribution in [3.05, 3.63) is 41.4 Å². The molecule has 2 heterocycles. The number of thiazole rings is 1. The monoisotopic (exact) mass is 332 g/mol. The standard InChI is InChI=1S/C16H20N4O2S/c17-15-19-12(11-23-15)6-8-18-16(21)20-9-7-14(10-20)22-13-4-2-1-3-5-13/h1-5,11,14H,6-10H2,(H2,17,19)(H,18,21). The third-order valence-corrected chi connectivity index (χ3v) is 4.43. The fourth-order valence-corrected chi connectivity index (χ4v) is 3.14. The molecular weight excluding hydrogens is 312 g/mol. The van der Waals surface area contributed by atoms with Crippen LogP contribution in [0.3, 0.4) is 0 Å². The molecule has 0 spiro atoms. The summed E-state index contributed by atoms with van der Waals surface area (Å²) in [7, 11) is 0. The van der Waals surface area contributed by atoms with Gasteiger partial charge in [-0.1, -0.05) is 18.2 Å². The van der Waals surface area contributed by atoms with Crippen LogP contribution in [-0.4, -0.2) is 41.7 Å². The van der Waals surface area contributed by atoms with Crippen LogP contribution in [-0.2, 0) is 6.42 Å². The van der Waals surface area contributed by atoms with E-state index in [0.29, 0.717) is 31.2 Å². The minimum absolute atomic E-state index is 0.0487. The van der Waals surface area contributed by atoms with Crippen LogP contribution in [0.2, 0.25) is 0 Å². The van der Waals surface area contributed by atoms with Gasteiger partial charge >= 0.3 is 6.03 Å². The molecule has 1 atom stereocenters. The molecule has 0 saturated carbocycles. The number of anilines is 1. The number of carbonyl (C=O) groups excluding carboxylic acids is 1. The fraction of sp³-hybridized carbons (Fsp3) is 0.375. The highest BCUT2D eigenvalue weighted by Crippen LogP contribution is 2.18. The first-order valence-corrected chi connectivity index (χ1v) is 8.53. The van der Waals surface area contributed by atoms with Crippen molar-refractivity contribution in [2.24, 2.45) is 0 Å². The highest BCUT2D eigenvalue weighted by atomic mass is 32.1. The van der Waals surface area contributed by atoms with E-state index in [2.05, 4.69) is 10.3 Å². The minimum atomic E-state index is -0.0487. The van der Waals surface area contributed by atoms with E-state index in [1.165, 1.54) is 11.3 Å².